The fraction of sp³-hybridized carbons (Fsp3) is 0.464. The third kappa shape index (κ3) is 5.59. The fourth-order valence-corrected chi connectivity index (χ4v) is 8.45. The highest BCUT2D eigenvalue weighted by molar-refractivity contribution is 7.91. The average molecular weight is 606 g/mol. The number of nitrogens with one attached hydrogen (secondary N) is 1. The molecule has 218 valence electrons. The van der Waals surface area contributed by atoms with Crippen molar-refractivity contribution in [2.75, 3.05) is 37.8 Å². The molecular formula is C28H30F3N5O3S2. The van der Waals surface area contributed by atoms with E-state index in [0.29, 0.717) is 24.0 Å². The van der Waals surface area contributed by atoms with Crippen LogP contribution < -0.4 is 5.32 Å². The predicted molar refractivity (Wildman–Crippen MR) is 150 cm³/mol. The number of sulfone groups is 1. The third-order valence-corrected chi connectivity index (χ3v) is 10.9. The van der Waals surface area contributed by atoms with Crippen LogP contribution in [0.4, 0.5) is 24.8 Å². The number of carbonyl (C=O) groups is 1. The number of nitrogens with zero attached hydrogens (tertiary/aromatic N) is 4. The molecule has 1 amide bonds. The Bertz CT molecular complexity index is 1630. The summed E-state index contributed by atoms with van der Waals surface area (Å²) >= 11 is 0.703. The molecule has 1 saturated carbocycles. The van der Waals surface area contributed by atoms with Gasteiger partial charge >= 0.3 is 6.18 Å². The molecule has 0 saturated heterocycles. The van der Waals surface area contributed by atoms with E-state index in [9.17, 15) is 26.4 Å². The average Bonchev–Trinajstić information content (AvgIpc) is 3.63. The molecule has 0 bridgehead atoms. The summed E-state index contributed by atoms with van der Waals surface area (Å²) in [5.74, 6) is -0.0802. The molecule has 1 aromatic carbocycles. The van der Waals surface area contributed by atoms with Gasteiger partial charge in [-0.1, -0.05) is 13.0 Å². The Morgan fingerprint density at radius 3 is 2.63 bits per heavy atom. The first-order valence-electron chi connectivity index (χ1n) is 13.6. The Morgan fingerprint density at radius 2 is 1.93 bits per heavy atom. The van der Waals surface area contributed by atoms with Crippen molar-refractivity contribution in [1.29, 1.82) is 0 Å². The molecule has 3 aliphatic rings. The SMILES string of the molecule is CCc1cc2c(cc1Nc1ncc(C(F)(F)F)c(-c3cc4c(s3)C(=O)N(C)CCS4(=O)=O)n1)CCN(CC1CC1)C2. The molecule has 1 N–H and O–H groups in total. The second kappa shape index (κ2) is 10.4. The number of fused-ring (bicyclic) bond motifs is 2. The van der Waals surface area contributed by atoms with E-state index in [4.69, 9.17) is 0 Å². The Morgan fingerprint density at radius 1 is 1.15 bits per heavy atom. The molecule has 13 heteroatoms. The summed E-state index contributed by atoms with van der Waals surface area (Å²) in [4.78, 5) is 24.4. The van der Waals surface area contributed by atoms with Crippen LogP contribution in [0.2, 0.25) is 0 Å². The summed E-state index contributed by atoms with van der Waals surface area (Å²) < 4.78 is 67.9. The summed E-state index contributed by atoms with van der Waals surface area (Å²) in [7, 11) is -2.39. The zero-order chi connectivity index (χ0) is 29.1. The number of aryl methyl sites for hydroxylation is 1. The van der Waals surface area contributed by atoms with E-state index in [1.807, 2.05) is 13.0 Å². The van der Waals surface area contributed by atoms with Gasteiger partial charge < -0.3 is 10.2 Å². The lowest BCUT2D eigenvalue weighted by atomic mass is 9.95. The summed E-state index contributed by atoms with van der Waals surface area (Å²) in [6.45, 7) is 5.00. The molecule has 3 aromatic rings. The van der Waals surface area contributed by atoms with Crippen LogP contribution in [-0.2, 0) is 35.4 Å². The molecule has 1 aliphatic carbocycles. The second-order valence-electron chi connectivity index (χ2n) is 11.0. The maximum absolute atomic E-state index is 14.1. The number of aromatic nitrogens is 2. The second-order valence-corrected chi connectivity index (χ2v) is 14.1. The minimum absolute atomic E-state index is 0.00632. The molecule has 6 rings (SSSR count). The van der Waals surface area contributed by atoms with Crippen molar-refractivity contribution < 1.29 is 26.4 Å². The lowest BCUT2D eigenvalue weighted by Crippen LogP contribution is -2.32. The summed E-state index contributed by atoms with van der Waals surface area (Å²) in [5, 5.41) is 3.13. The molecule has 0 radical (unpaired) electrons. The first-order chi connectivity index (χ1) is 19.4. The van der Waals surface area contributed by atoms with Gasteiger partial charge in [-0.3, -0.25) is 9.69 Å². The summed E-state index contributed by atoms with van der Waals surface area (Å²) in [6.07, 6.45) is 0.117. The van der Waals surface area contributed by atoms with Gasteiger partial charge in [-0.2, -0.15) is 13.2 Å². The highest BCUT2D eigenvalue weighted by atomic mass is 32.2. The van der Waals surface area contributed by atoms with Gasteiger partial charge in [0.1, 0.15) is 10.4 Å². The monoisotopic (exact) mass is 605 g/mol. The largest absolute Gasteiger partial charge is 0.420 e. The Balaban J connectivity index is 1.37. The van der Waals surface area contributed by atoms with Gasteiger partial charge in [-0.15, -0.1) is 11.3 Å². The Labute approximate surface area is 240 Å². The van der Waals surface area contributed by atoms with Crippen molar-refractivity contribution >= 4 is 38.7 Å². The first-order valence-corrected chi connectivity index (χ1v) is 16.1. The number of halogens is 3. The molecule has 4 heterocycles. The summed E-state index contributed by atoms with van der Waals surface area (Å²) in [5.41, 5.74) is 2.63. The van der Waals surface area contributed by atoms with Crippen LogP contribution in [0.15, 0.2) is 29.3 Å². The number of amides is 1. The van der Waals surface area contributed by atoms with E-state index in [-0.39, 0.29) is 32.9 Å². The van der Waals surface area contributed by atoms with Crippen molar-refractivity contribution in [3.8, 4) is 10.6 Å². The van der Waals surface area contributed by atoms with E-state index >= 15 is 0 Å². The van der Waals surface area contributed by atoms with Gasteiger partial charge in [0.05, 0.1) is 21.2 Å². The number of carbonyl (C=O) groups excluding carboxylic acids is 1. The zero-order valence-electron chi connectivity index (χ0n) is 22.7. The standard InChI is InChI=1S/C28H30F3N5O3S2/c1-3-17-10-19-15-36(14-16-4-5-16)7-6-18(19)11-21(17)33-27-32-13-20(28(29,30)31)24(34-27)22-12-23-25(40-22)26(37)35(2)8-9-41(23,38)39/h10-13,16H,3-9,14-15H2,1-2H3,(H,32,33,34). The predicted octanol–water partition coefficient (Wildman–Crippen LogP) is 5.16. The molecule has 8 nitrogen and oxygen atoms in total. The quantitative estimate of drug-likeness (QED) is 0.415. The van der Waals surface area contributed by atoms with Crippen LogP contribution in [0.1, 0.15) is 51.7 Å². The topological polar surface area (TPSA) is 95.5 Å². The molecule has 41 heavy (non-hydrogen) atoms. The smallest absolute Gasteiger partial charge is 0.340 e. The molecule has 2 aliphatic heterocycles. The number of benzene rings is 1. The van der Waals surface area contributed by atoms with Crippen molar-refractivity contribution in [2.45, 2.75) is 50.2 Å². The first kappa shape index (κ1) is 28.1. The maximum atomic E-state index is 14.1. The van der Waals surface area contributed by atoms with Crippen molar-refractivity contribution in [3.63, 3.8) is 0 Å². The van der Waals surface area contributed by atoms with Crippen LogP contribution in [0.3, 0.4) is 0 Å². The van der Waals surface area contributed by atoms with Crippen LogP contribution in [-0.4, -0.2) is 66.5 Å². The van der Waals surface area contributed by atoms with E-state index in [2.05, 4.69) is 26.3 Å². The number of hydrogen-bond donors (Lipinski definition) is 1. The van der Waals surface area contributed by atoms with E-state index in [1.165, 1.54) is 35.9 Å². The number of thiophene rings is 1. The van der Waals surface area contributed by atoms with Crippen LogP contribution in [0.25, 0.3) is 10.6 Å². The summed E-state index contributed by atoms with van der Waals surface area (Å²) in [6, 6.07) is 5.33. The molecule has 0 spiro atoms. The van der Waals surface area contributed by atoms with E-state index in [0.717, 1.165) is 49.3 Å². The highest BCUT2D eigenvalue weighted by Crippen LogP contribution is 2.42. The fourth-order valence-electron chi connectivity index (χ4n) is 5.42. The molecule has 0 atom stereocenters. The molecular weight excluding hydrogens is 575 g/mol. The lowest BCUT2D eigenvalue weighted by Gasteiger charge is -2.30. The minimum Gasteiger partial charge on any atom is -0.340 e. The van der Waals surface area contributed by atoms with Gasteiger partial charge in [0, 0.05) is 45.1 Å². The van der Waals surface area contributed by atoms with Gasteiger partial charge in [-0.25, -0.2) is 18.4 Å². The lowest BCUT2D eigenvalue weighted by molar-refractivity contribution is -0.137. The normalized spacial score (nSPS) is 19.0. The zero-order valence-corrected chi connectivity index (χ0v) is 24.3. The van der Waals surface area contributed by atoms with E-state index < -0.39 is 33.2 Å². The molecule has 0 unspecified atom stereocenters. The van der Waals surface area contributed by atoms with Gasteiger partial charge in [0.15, 0.2) is 9.84 Å². The number of alkyl halides is 3. The van der Waals surface area contributed by atoms with Crippen LogP contribution in [0.5, 0.6) is 0 Å². The van der Waals surface area contributed by atoms with Gasteiger partial charge in [0.25, 0.3) is 5.91 Å². The van der Waals surface area contributed by atoms with Crippen molar-refractivity contribution in [1.82, 2.24) is 19.8 Å². The van der Waals surface area contributed by atoms with Gasteiger partial charge in [-0.05, 0) is 60.4 Å². The Kier molecular flexibility index (Phi) is 7.10. The maximum Gasteiger partial charge on any atom is 0.420 e. The third-order valence-electron chi connectivity index (χ3n) is 7.95. The molecule has 2 aromatic heterocycles. The van der Waals surface area contributed by atoms with Gasteiger partial charge in [0.2, 0.25) is 5.95 Å². The van der Waals surface area contributed by atoms with Crippen molar-refractivity contribution in [3.05, 3.63) is 51.5 Å². The number of anilines is 2. The van der Waals surface area contributed by atoms with Crippen LogP contribution in [0, 0.1) is 5.92 Å². The molecule has 1 fully saturated rings. The van der Waals surface area contributed by atoms with Crippen LogP contribution >= 0.6 is 11.3 Å². The number of hydrogen-bond acceptors (Lipinski definition) is 8. The minimum atomic E-state index is -4.79. The van der Waals surface area contributed by atoms with Crippen molar-refractivity contribution in [2.24, 2.45) is 5.92 Å². The Hall–Kier alpha value is -3.03. The highest BCUT2D eigenvalue weighted by Gasteiger charge is 2.38. The number of rotatable bonds is 6. The van der Waals surface area contributed by atoms with E-state index in [1.54, 1.807) is 0 Å².